The van der Waals surface area contributed by atoms with E-state index in [1.165, 1.54) is 32.0 Å². The van der Waals surface area contributed by atoms with E-state index in [1.54, 1.807) is 25.3 Å². The number of esters is 1. The number of carbonyl (C=O) groups excluding carboxylic acids is 2. The summed E-state index contributed by atoms with van der Waals surface area (Å²) in [5, 5.41) is 2.67. The van der Waals surface area contributed by atoms with Crippen molar-refractivity contribution in [2.24, 2.45) is 0 Å². The zero-order valence-corrected chi connectivity index (χ0v) is 16.8. The van der Waals surface area contributed by atoms with Gasteiger partial charge in [-0.15, -0.1) is 0 Å². The first-order valence-electron chi connectivity index (χ1n) is 8.72. The fourth-order valence-electron chi connectivity index (χ4n) is 2.42. The normalized spacial score (nSPS) is 12.1. The van der Waals surface area contributed by atoms with E-state index in [4.69, 9.17) is 9.47 Å². The van der Waals surface area contributed by atoms with Crippen LogP contribution >= 0.6 is 0 Å². The van der Waals surface area contributed by atoms with Gasteiger partial charge in [0.1, 0.15) is 5.75 Å². The van der Waals surface area contributed by atoms with Crippen LogP contribution in [0.5, 0.6) is 5.75 Å². The van der Waals surface area contributed by atoms with Gasteiger partial charge in [0.05, 0.1) is 23.3 Å². The Bertz CT molecular complexity index is 937. The predicted molar refractivity (Wildman–Crippen MR) is 104 cm³/mol. The molecule has 2 rings (SSSR count). The second-order valence-electron chi connectivity index (χ2n) is 6.01. The Kier molecular flexibility index (Phi) is 7.17. The van der Waals surface area contributed by atoms with Gasteiger partial charge in [-0.1, -0.05) is 31.2 Å². The highest BCUT2D eigenvalue weighted by Crippen LogP contribution is 2.18. The number of ether oxygens (including phenoxy) is 2. The van der Waals surface area contributed by atoms with E-state index in [-0.39, 0.29) is 22.8 Å². The highest BCUT2D eigenvalue weighted by molar-refractivity contribution is 7.91. The number of amides is 1. The standard InChI is InChI=1S/C20H23NO6S/c1-4-28(24,25)18-8-6-5-7-17(18)20(23)27-14(2)19(22)21-13-15-9-11-16(26-3)12-10-15/h5-12,14H,4,13H2,1-3H3,(H,21,22)/t14-/m1/s1. The van der Waals surface area contributed by atoms with Gasteiger partial charge < -0.3 is 14.8 Å². The summed E-state index contributed by atoms with van der Waals surface area (Å²) in [7, 11) is -2.03. The van der Waals surface area contributed by atoms with Crippen molar-refractivity contribution >= 4 is 21.7 Å². The molecule has 0 bridgehead atoms. The second-order valence-corrected chi connectivity index (χ2v) is 8.26. The largest absolute Gasteiger partial charge is 0.497 e. The van der Waals surface area contributed by atoms with E-state index in [1.807, 2.05) is 12.1 Å². The van der Waals surface area contributed by atoms with E-state index >= 15 is 0 Å². The lowest BCUT2D eigenvalue weighted by molar-refractivity contribution is -0.129. The summed E-state index contributed by atoms with van der Waals surface area (Å²) in [6, 6.07) is 13.0. The van der Waals surface area contributed by atoms with Crippen LogP contribution in [-0.4, -0.2) is 39.3 Å². The number of nitrogens with one attached hydrogen (secondary N) is 1. The van der Waals surface area contributed by atoms with Crippen LogP contribution in [0.1, 0.15) is 29.8 Å². The third-order valence-electron chi connectivity index (χ3n) is 4.10. The maximum absolute atomic E-state index is 12.4. The molecule has 0 spiro atoms. The average Bonchev–Trinajstić information content (AvgIpc) is 2.72. The number of benzene rings is 2. The molecule has 0 radical (unpaired) electrons. The van der Waals surface area contributed by atoms with Crippen LogP contribution in [0.25, 0.3) is 0 Å². The van der Waals surface area contributed by atoms with Gasteiger partial charge in [0.15, 0.2) is 15.9 Å². The molecule has 0 fully saturated rings. The number of carbonyl (C=O) groups is 2. The lowest BCUT2D eigenvalue weighted by atomic mass is 10.2. The molecule has 0 saturated heterocycles. The molecule has 28 heavy (non-hydrogen) atoms. The minimum atomic E-state index is -3.59. The fourth-order valence-corrected chi connectivity index (χ4v) is 3.50. The minimum absolute atomic E-state index is 0.0841. The molecule has 1 amide bonds. The van der Waals surface area contributed by atoms with Crippen molar-refractivity contribution in [1.29, 1.82) is 0 Å². The third-order valence-corrected chi connectivity index (χ3v) is 5.89. The Morgan fingerprint density at radius 3 is 2.32 bits per heavy atom. The van der Waals surface area contributed by atoms with Gasteiger partial charge in [0, 0.05) is 6.54 Å². The first-order chi connectivity index (χ1) is 13.3. The lowest BCUT2D eigenvalue weighted by Gasteiger charge is -2.15. The summed E-state index contributed by atoms with van der Waals surface area (Å²) in [6.45, 7) is 3.18. The number of hydrogen-bond acceptors (Lipinski definition) is 6. The minimum Gasteiger partial charge on any atom is -0.497 e. The van der Waals surface area contributed by atoms with Crippen molar-refractivity contribution < 1.29 is 27.5 Å². The Morgan fingerprint density at radius 1 is 1.07 bits per heavy atom. The number of rotatable bonds is 8. The zero-order valence-electron chi connectivity index (χ0n) is 16.0. The van der Waals surface area contributed by atoms with Crippen LogP contribution in [0.4, 0.5) is 0 Å². The van der Waals surface area contributed by atoms with Gasteiger partial charge in [-0.05, 0) is 36.8 Å². The Labute approximate surface area is 164 Å². The topological polar surface area (TPSA) is 98.8 Å². The van der Waals surface area contributed by atoms with Gasteiger partial charge in [-0.25, -0.2) is 13.2 Å². The molecule has 150 valence electrons. The van der Waals surface area contributed by atoms with E-state index in [0.29, 0.717) is 5.75 Å². The van der Waals surface area contributed by atoms with Crippen LogP contribution in [0, 0.1) is 0 Å². The summed E-state index contributed by atoms with van der Waals surface area (Å²) in [4.78, 5) is 24.5. The van der Waals surface area contributed by atoms with Crippen LogP contribution in [0.2, 0.25) is 0 Å². The molecule has 0 aliphatic heterocycles. The summed E-state index contributed by atoms with van der Waals surface area (Å²) >= 11 is 0. The highest BCUT2D eigenvalue weighted by atomic mass is 32.2. The van der Waals surface area contributed by atoms with Crippen molar-refractivity contribution in [3.63, 3.8) is 0 Å². The molecule has 0 aromatic heterocycles. The first-order valence-corrected chi connectivity index (χ1v) is 10.4. The monoisotopic (exact) mass is 405 g/mol. The van der Waals surface area contributed by atoms with Crippen LogP contribution < -0.4 is 10.1 Å². The molecule has 2 aromatic rings. The molecule has 0 unspecified atom stereocenters. The second kappa shape index (κ2) is 9.36. The maximum atomic E-state index is 12.4. The zero-order chi connectivity index (χ0) is 20.7. The van der Waals surface area contributed by atoms with E-state index in [2.05, 4.69) is 5.32 Å². The molecular formula is C20H23NO6S. The van der Waals surface area contributed by atoms with Gasteiger partial charge in [-0.2, -0.15) is 0 Å². The third kappa shape index (κ3) is 5.32. The number of methoxy groups -OCH3 is 1. The van der Waals surface area contributed by atoms with Gasteiger partial charge >= 0.3 is 5.97 Å². The van der Waals surface area contributed by atoms with Crippen LogP contribution in [-0.2, 0) is 25.9 Å². The summed E-state index contributed by atoms with van der Waals surface area (Å²) < 4.78 is 34.6. The van der Waals surface area contributed by atoms with Crippen molar-refractivity contribution in [2.45, 2.75) is 31.4 Å². The first kappa shape index (κ1) is 21.4. The van der Waals surface area contributed by atoms with Crippen molar-refractivity contribution in [2.75, 3.05) is 12.9 Å². The predicted octanol–water partition coefficient (Wildman–Crippen LogP) is 2.35. The smallest absolute Gasteiger partial charge is 0.340 e. The average molecular weight is 405 g/mol. The Balaban J connectivity index is 2.01. The summed E-state index contributed by atoms with van der Waals surface area (Å²) in [5.74, 6) is -0.785. The molecule has 2 aromatic carbocycles. The molecule has 0 heterocycles. The van der Waals surface area contributed by atoms with Crippen LogP contribution in [0.3, 0.4) is 0 Å². The Morgan fingerprint density at radius 2 is 1.71 bits per heavy atom. The van der Waals surface area contributed by atoms with E-state index in [9.17, 15) is 18.0 Å². The molecule has 7 nitrogen and oxygen atoms in total. The lowest BCUT2D eigenvalue weighted by Crippen LogP contribution is -2.35. The molecule has 1 N–H and O–H groups in total. The summed E-state index contributed by atoms with van der Waals surface area (Å²) in [6.07, 6.45) is -1.08. The number of hydrogen-bond donors (Lipinski definition) is 1. The van der Waals surface area contributed by atoms with Gasteiger partial charge in [0.25, 0.3) is 5.91 Å². The maximum Gasteiger partial charge on any atom is 0.340 e. The molecule has 8 heteroatoms. The van der Waals surface area contributed by atoms with Crippen molar-refractivity contribution in [3.05, 3.63) is 59.7 Å². The van der Waals surface area contributed by atoms with E-state index < -0.39 is 27.8 Å². The van der Waals surface area contributed by atoms with Crippen molar-refractivity contribution in [3.8, 4) is 5.75 Å². The molecule has 1 atom stereocenters. The fraction of sp³-hybridized carbons (Fsp3) is 0.300. The van der Waals surface area contributed by atoms with Gasteiger partial charge in [-0.3, -0.25) is 4.79 Å². The summed E-state index contributed by atoms with van der Waals surface area (Å²) in [5.41, 5.74) is 0.770. The Hall–Kier alpha value is -2.87. The van der Waals surface area contributed by atoms with Gasteiger partial charge in [0.2, 0.25) is 0 Å². The van der Waals surface area contributed by atoms with E-state index in [0.717, 1.165) is 5.56 Å². The molecule has 0 aliphatic carbocycles. The van der Waals surface area contributed by atoms with Crippen LogP contribution in [0.15, 0.2) is 53.4 Å². The number of sulfone groups is 1. The molecular weight excluding hydrogens is 382 g/mol. The molecule has 0 saturated carbocycles. The SMILES string of the molecule is CCS(=O)(=O)c1ccccc1C(=O)O[C@H](C)C(=O)NCc1ccc(OC)cc1. The molecule has 0 aliphatic rings. The quantitative estimate of drug-likeness (QED) is 0.677. The van der Waals surface area contributed by atoms with Crippen molar-refractivity contribution in [1.82, 2.24) is 5.32 Å². The highest BCUT2D eigenvalue weighted by Gasteiger charge is 2.24.